The average Bonchev–Trinajstić information content (AvgIpc) is 3.83. The summed E-state index contributed by atoms with van der Waals surface area (Å²) in [5, 5.41) is 14.7. The molecule has 0 unspecified atom stereocenters. The van der Waals surface area contributed by atoms with Crippen LogP contribution in [0.1, 0.15) is 135 Å². The molecule has 0 aromatic heterocycles. The predicted molar refractivity (Wildman–Crippen MR) is 248 cm³/mol. The maximum Gasteiger partial charge on any atom is 0.247 e. The quantitative estimate of drug-likeness (QED) is 0.0555. The minimum Gasteiger partial charge on any atom is -0.506 e. The van der Waals surface area contributed by atoms with E-state index in [2.05, 4.69) is 43.4 Å². The number of nitrogens with one attached hydrogen (secondary N) is 3. The van der Waals surface area contributed by atoms with Crippen LogP contribution in [0.5, 0.6) is 0 Å². The van der Waals surface area contributed by atoms with Crippen LogP contribution in [0.2, 0.25) is 0 Å². The molecule has 1 saturated heterocycles. The molecule has 14 nitrogen and oxygen atoms in total. The van der Waals surface area contributed by atoms with Gasteiger partial charge in [-0.1, -0.05) is 78.1 Å². The molecule has 2 heterocycles. The third kappa shape index (κ3) is 13.0. The summed E-state index contributed by atoms with van der Waals surface area (Å²) >= 11 is 0. The average molecular weight is 897 g/mol. The Hall–Kier alpha value is -4.12. The van der Waals surface area contributed by atoms with Crippen LogP contribution < -0.4 is 19.7 Å². The van der Waals surface area contributed by atoms with Crippen LogP contribution >= 0.6 is 0 Å². The fraction of sp³-hybridized carbons (Fsp3) is 0.609. The molecule has 0 radical (unpaired) electrons. The van der Waals surface area contributed by atoms with E-state index in [9.17, 15) is 36.3 Å². The number of nitrogens with zero attached hydrogens (tertiary/aromatic N) is 3. The van der Waals surface area contributed by atoms with E-state index >= 15 is 0 Å². The molecule has 0 saturated carbocycles. The summed E-state index contributed by atoms with van der Waals surface area (Å²) < 4.78 is 55.5. The molecular weight excluding hydrogens is 829 g/mol. The molecule has 342 valence electrons. The highest BCUT2D eigenvalue weighted by molar-refractivity contribution is 7.89. The summed E-state index contributed by atoms with van der Waals surface area (Å²) in [6.45, 7) is 11.1. The molecule has 4 N–H and O–H groups in total. The minimum atomic E-state index is -3.56. The Bertz CT molecular complexity index is 2210. The number of hydrogen-bond donors (Lipinski definition) is 4. The number of sulfonamides is 2. The van der Waals surface area contributed by atoms with Gasteiger partial charge in [-0.15, -0.1) is 0 Å². The summed E-state index contributed by atoms with van der Waals surface area (Å²) in [6, 6.07) is 3.64. The lowest BCUT2D eigenvalue weighted by Crippen LogP contribution is -2.30. The van der Waals surface area contributed by atoms with E-state index in [0.29, 0.717) is 42.5 Å². The molecule has 0 atom stereocenters. The third-order valence-corrected chi connectivity index (χ3v) is 15.0. The normalized spacial score (nSPS) is 18.3. The third-order valence-electron chi connectivity index (χ3n) is 12.0. The second-order valence-electron chi connectivity index (χ2n) is 16.6. The molecule has 0 bridgehead atoms. The molecule has 4 aliphatic rings. The van der Waals surface area contributed by atoms with Gasteiger partial charge in [0, 0.05) is 74.6 Å². The smallest absolute Gasteiger partial charge is 0.247 e. The number of fused-ring (bicyclic) bond motifs is 2. The monoisotopic (exact) mass is 896 g/mol. The number of allylic oxidation sites excluding steroid dienone is 6. The zero-order chi connectivity index (χ0) is 44.9. The lowest BCUT2D eigenvalue weighted by molar-refractivity contribution is -0.118. The van der Waals surface area contributed by atoms with Crippen molar-refractivity contribution in [2.75, 3.05) is 61.0 Å². The highest BCUT2D eigenvalue weighted by Crippen LogP contribution is 2.45. The van der Waals surface area contributed by atoms with Gasteiger partial charge in [-0.05, 0) is 75.0 Å². The van der Waals surface area contributed by atoms with E-state index in [1.54, 1.807) is 12.2 Å². The number of aliphatic imine (C=N–C) groups is 1. The van der Waals surface area contributed by atoms with Crippen LogP contribution in [-0.2, 0) is 40.9 Å². The van der Waals surface area contributed by atoms with Gasteiger partial charge in [-0.2, -0.15) is 0 Å². The Kier molecular flexibility index (Phi) is 18.1. The Balaban J connectivity index is 1.35. The number of likely N-dealkylation sites (N-methyl/N-ethyl adjacent to an activating group) is 2. The molecule has 16 heteroatoms. The second kappa shape index (κ2) is 23.0. The first-order chi connectivity index (χ1) is 29.7. The number of amides is 2. The van der Waals surface area contributed by atoms with Gasteiger partial charge < -0.3 is 20.2 Å². The first-order valence-electron chi connectivity index (χ1n) is 22.9. The number of ketones is 1. The van der Waals surface area contributed by atoms with Gasteiger partial charge in [0.05, 0.1) is 34.1 Å². The van der Waals surface area contributed by atoms with Gasteiger partial charge in [0.1, 0.15) is 5.76 Å². The molecule has 2 aliphatic carbocycles. The number of Topliss-reactive ketones (excluding diaryl/α,β-unsaturated/α-hetero) is 1. The minimum absolute atomic E-state index is 0.00205. The van der Waals surface area contributed by atoms with Crippen molar-refractivity contribution in [2.24, 2.45) is 4.99 Å². The lowest BCUT2D eigenvalue weighted by atomic mass is 9.77. The summed E-state index contributed by atoms with van der Waals surface area (Å²) in [4.78, 5) is 49.6. The maximum atomic E-state index is 14.3. The largest absolute Gasteiger partial charge is 0.506 e. The number of carbonyl (C=O) groups is 3. The van der Waals surface area contributed by atoms with Crippen LogP contribution in [0.15, 0.2) is 57.5 Å². The fourth-order valence-electron chi connectivity index (χ4n) is 8.48. The first-order valence-corrected chi connectivity index (χ1v) is 26.2. The molecule has 1 aromatic rings. The molecule has 0 spiro atoms. The van der Waals surface area contributed by atoms with Crippen molar-refractivity contribution in [3.63, 3.8) is 0 Å². The number of likely N-dealkylation sites (tertiary alicyclic amines) is 1. The second-order valence-corrected chi connectivity index (χ2v) is 20.5. The van der Waals surface area contributed by atoms with Gasteiger partial charge in [0.25, 0.3) is 0 Å². The Morgan fingerprint density at radius 2 is 1.31 bits per heavy atom. The predicted octanol–water partition coefficient (Wildman–Crippen LogP) is 7.01. The lowest BCUT2D eigenvalue weighted by Gasteiger charge is -2.28. The standard InChI is InChI=1S/C46H68N6O8S2/c1-5-9-11-13-15-17-27-61(57,58)47-23-19-41(53)49-37-31-39-33(21-25-51(39)7-3)29-35(37)43-45(55)44(46(43)56)36-30-34-22-26-52(8-4)40(34)32-38(36)50-42(54)20-24-48-62(59,60)28-18-16-14-12-10-6-2/h29-32,47-48,55H,5-28H2,1-4H3,(H,49,53). The molecule has 1 aromatic carbocycles. The highest BCUT2D eigenvalue weighted by Gasteiger charge is 2.41. The van der Waals surface area contributed by atoms with Crippen LogP contribution in [0.25, 0.3) is 5.57 Å². The summed E-state index contributed by atoms with van der Waals surface area (Å²) in [5.41, 5.74) is 4.93. The zero-order valence-electron chi connectivity index (χ0n) is 37.2. The van der Waals surface area contributed by atoms with Gasteiger partial charge in [0.2, 0.25) is 37.6 Å². The van der Waals surface area contributed by atoms with Crippen LogP contribution in [0, 0.1) is 0 Å². The highest BCUT2D eigenvalue weighted by atomic mass is 32.2. The van der Waals surface area contributed by atoms with E-state index in [-0.39, 0.29) is 60.1 Å². The Morgan fingerprint density at radius 1 is 0.726 bits per heavy atom. The first kappa shape index (κ1) is 48.9. The van der Waals surface area contributed by atoms with E-state index in [1.807, 2.05) is 26.0 Å². The SMILES string of the molecule is CCCCCCCCS(=O)(=O)NCCC(=O)N=C1C=C2C(=CC1=C1C(=O)C(c3cc4c(cc3NC(=O)CCNS(=O)(=O)CCCCCCCC)N(CC)CC4)=C1O)CCN2CC. The van der Waals surface area contributed by atoms with Gasteiger partial charge >= 0.3 is 0 Å². The van der Waals surface area contributed by atoms with Crippen molar-refractivity contribution >= 4 is 60.3 Å². The van der Waals surface area contributed by atoms with Crippen LogP contribution in [0.4, 0.5) is 11.4 Å². The zero-order valence-corrected chi connectivity index (χ0v) is 38.9. The van der Waals surface area contributed by atoms with Crippen LogP contribution in [0.3, 0.4) is 0 Å². The van der Waals surface area contributed by atoms with Crippen molar-refractivity contribution in [1.82, 2.24) is 14.3 Å². The number of aliphatic hydroxyl groups is 1. The topological polar surface area (TPSA) is 195 Å². The maximum absolute atomic E-state index is 14.3. The van der Waals surface area contributed by atoms with Gasteiger partial charge in [-0.25, -0.2) is 31.3 Å². The molecular formula is C46H68N6O8S2. The number of rotatable bonds is 26. The van der Waals surface area contributed by atoms with E-state index in [4.69, 9.17) is 0 Å². The Morgan fingerprint density at radius 3 is 1.90 bits per heavy atom. The van der Waals surface area contributed by atoms with E-state index in [1.165, 1.54) is 0 Å². The number of carbonyl (C=O) groups excluding carboxylic acids is 3. The molecule has 5 rings (SSSR count). The van der Waals surface area contributed by atoms with Crippen molar-refractivity contribution in [1.29, 1.82) is 0 Å². The Labute approximate surface area is 369 Å². The number of benzene rings is 1. The van der Waals surface area contributed by atoms with Crippen molar-refractivity contribution in [3.05, 3.63) is 63.6 Å². The van der Waals surface area contributed by atoms with E-state index in [0.717, 1.165) is 113 Å². The van der Waals surface area contributed by atoms with Crippen molar-refractivity contribution in [2.45, 2.75) is 130 Å². The summed E-state index contributed by atoms with van der Waals surface area (Å²) in [6.07, 6.45) is 16.1. The van der Waals surface area contributed by atoms with Crippen molar-refractivity contribution in [3.8, 4) is 0 Å². The fourth-order valence-corrected chi connectivity index (χ4v) is 10.8. The van der Waals surface area contributed by atoms with E-state index < -0.39 is 37.6 Å². The number of anilines is 2. The van der Waals surface area contributed by atoms with Crippen molar-refractivity contribution < 1.29 is 36.3 Å². The molecule has 62 heavy (non-hydrogen) atoms. The van der Waals surface area contributed by atoms with Gasteiger partial charge in [0.15, 0.2) is 0 Å². The number of unbranched alkanes of at least 4 members (excludes halogenated alkanes) is 10. The molecule has 2 amide bonds. The number of aliphatic hydroxyl groups excluding tert-OH is 1. The number of hydrogen-bond acceptors (Lipinski definition) is 10. The van der Waals surface area contributed by atoms with Gasteiger partial charge in [-0.3, -0.25) is 14.4 Å². The van der Waals surface area contributed by atoms with Crippen LogP contribution in [-0.4, -0.2) is 101 Å². The molecule has 2 aliphatic heterocycles. The molecule has 1 fully saturated rings. The summed E-state index contributed by atoms with van der Waals surface area (Å²) in [5.74, 6) is -1.78. The summed E-state index contributed by atoms with van der Waals surface area (Å²) in [7, 11) is -7.10.